The van der Waals surface area contributed by atoms with Crippen molar-refractivity contribution in [2.75, 3.05) is 13.6 Å². The van der Waals surface area contributed by atoms with Crippen molar-refractivity contribution >= 4 is 0 Å². The molecule has 1 nitrogen and oxygen atoms in total. The van der Waals surface area contributed by atoms with E-state index in [9.17, 15) is 0 Å². The van der Waals surface area contributed by atoms with Gasteiger partial charge in [-0.1, -0.05) is 13.8 Å². The summed E-state index contributed by atoms with van der Waals surface area (Å²) in [5.41, 5.74) is 0. The Morgan fingerprint density at radius 1 is 1.27 bits per heavy atom. The Balaban J connectivity index is 0.000000281. The van der Waals surface area contributed by atoms with Crippen molar-refractivity contribution in [1.82, 2.24) is 4.90 Å². The number of hydrogen-bond donors (Lipinski definition) is 0. The molecule has 3 unspecified atom stereocenters. The van der Waals surface area contributed by atoms with Crippen molar-refractivity contribution in [2.24, 2.45) is 11.8 Å². The molecular formula is C10H21N. The molecule has 2 rings (SSSR count). The van der Waals surface area contributed by atoms with Gasteiger partial charge in [-0.05, 0) is 45.2 Å². The van der Waals surface area contributed by atoms with E-state index in [4.69, 9.17) is 0 Å². The minimum atomic E-state index is 0.878. The molecule has 0 aromatic heterocycles. The van der Waals surface area contributed by atoms with E-state index in [2.05, 4.69) is 18.9 Å². The van der Waals surface area contributed by atoms with Crippen LogP contribution in [-0.4, -0.2) is 24.5 Å². The Bertz CT molecular complexity index is 120. The van der Waals surface area contributed by atoms with Crippen LogP contribution < -0.4 is 0 Å². The van der Waals surface area contributed by atoms with E-state index < -0.39 is 0 Å². The predicted molar refractivity (Wildman–Crippen MR) is 49.7 cm³/mol. The van der Waals surface area contributed by atoms with Crippen molar-refractivity contribution < 1.29 is 0 Å². The minimum absolute atomic E-state index is 0.878. The number of hydrogen-bond acceptors (Lipinski definition) is 1. The third kappa shape index (κ3) is 1.76. The van der Waals surface area contributed by atoms with Gasteiger partial charge < -0.3 is 4.90 Å². The van der Waals surface area contributed by atoms with Gasteiger partial charge in [0, 0.05) is 6.04 Å². The summed E-state index contributed by atoms with van der Waals surface area (Å²) >= 11 is 0. The highest BCUT2D eigenvalue weighted by Crippen LogP contribution is 2.47. The van der Waals surface area contributed by atoms with E-state index in [1.807, 2.05) is 13.8 Å². The second kappa shape index (κ2) is 3.57. The van der Waals surface area contributed by atoms with E-state index >= 15 is 0 Å². The van der Waals surface area contributed by atoms with E-state index in [0.29, 0.717) is 0 Å². The average Bonchev–Trinajstić information content (AvgIpc) is 2.81. The Hall–Kier alpha value is -0.0400. The van der Waals surface area contributed by atoms with Gasteiger partial charge in [-0.2, -0.15) is 0 Å². The first-order chi connectivity index (χ1) is 5.29. The van der Waals surface area contributed by atoms with Gasteiger partial charge >= 0.3 is 0 Å². The smallest absolute Gasteiger partial charge is 0.00949 e. The average molecular weight is 155 g/mol. The maximum Gasteiger partial charge on any atom is 0.00949 e. The van der Waals surface area contributed by atoms with Crippen LogP contribution in [0.4, 0.5) is 0 Å². The summed E-state index contributed by atoms with van der Waals surface area (Å²) in [6.45, 7) is 7.70. The number of fused-ring (bicyclic) bond motifs is 1. The molecule has 3 atom stereocenters. The Morgan fingerprint density at radius 2 is 1.91 bits per heavy atom. The second-order valence-corrected chi connectivity index (χ2v) is 3.67. The van der Waals surface area contributed by atoms with Gasteiger partial charge in [0.25, 0.3) is 0 Å². The normalized spacial score (nSPS) is 42.0. The zero-order valence-corrected chi connectivity index (χ0v) is 8.30. The van der Waals surface area contributed by atoms with Crippen molar-refractivity contribution in [2.45, 2.75) is 39.7 Å². The topological polar surface area (TPSA) is 3.24 Å². The molecule has 1 saturated carbocycles. The number of rotatable bonds is 0. The summed E-state index contributed by atoms with van der Waals surface area (Å²) in [6, 6.07) is 0.878. The molecule has 66 valence electrons. The van der Waals surface area contributed by atoms with Gasteiger partial charge in [0.15, 0.2) is 0 Å². The Kier molecular flexibility index (Phi) is 2.94. The zero-order chi connectivity index (χ0) is 8.43. The lowest BCUT2D eigenvalue weighted by Crippen LogP contribution is -2.35. The lowest BCUT2D eigenvalue weighted by atomic mass is 10.1. The molecule has 0 amide bonds. The first-order valence-corrected chi connectivity index (χ1v) is 4.99. The van der Waals surface area contributed by atoms with Crippen LogP contribution in [-0.2, 0) is 0 Å². The van der Waals surface area contributed by atoms with Crippen molar-refractivity contribution in [3.8, 4) is 0 Å². The van der Waals surface area contributed by atoms with Crippen LogP contribution >= 0.6 is 0 Å². The van der Waals surface area contributed by atoms with E-state index in [1.54, 1.807) is 0 Å². The SMILES string of the molecule is CC.CC1C2CC2CCN1C. The van der Waals surface area contributed by atoms with Gasteiger partial charge in [-0.25, -0.2) is 0 Å². The minimum Gasteiger partial charge on any atom is -0.303 e. The molecule has 11 heavy (non-hydrogen) atoms. The molecule has 2 aliphatic rings. The van der Waals surface area contributed by atoms with Crippen molar-refractivity contribution in [1.29, 1.82) is 0 Å². The monoisotopic (exact) mass is 155 g/mol. The second-order valence-electron chi connectivity index (χ2n) is 3.67. The maximum atomic E-state index is 2.49. The highest BCUT2D eigenvalue weighted by atomic mass is 15.1. The molecule has 1 saturated heterocycles. The fourth-order valence-corrected chi connectivity index (χ4v) is 2.09. The lowest BCUT2D eigenvalue weighted by Gasteiger charge is -2.28. The highest BCUT2D eigenvalue weighted by molar-refractivity contribution is 4.97. The van der Waals surface area contributed by atoms with E-state index in [-0.39, 0.29) is 0 Å². The van der Waals surface area contributed by atoms with Crippen LogP contribution in [0, 0.1) is 11.8 Å². The predicted octanol–water partition coefficient (Wildman–Crippen LogP) is 2.37. The van der Waals surface area contributed by atoms with Crippen LogP contribution in [0.1, 0.15) is 33.6 Å². The molecular weight excluding hydrogens is 134 g/mol. The highest BCUT2D eigenvalue weighted by Gasteiger charge is 2.45. The van der Waals surface area contributed by atoms with Gasteiger partial charge in [0.2, 0.25) is 0 Å². The molecule has 0 bridgehead atoms. The summed E-state index contributed by atoms with van der Waals surface area (Å²) < 4.78 is 0. The molecule has 1 aliphatic carbocycles. The van der Waals surface area contributed by atoms with E-state index in [1.165, 1.54) is 19.4 Å². The Morgan fingerprint density at radius 3 is 2.45 bits per heavy atom. The van der Waals surface area contributed by atoms with Crippen LogP contribution in [0.25, 0.3) is 0 Å². The maximum absolute atomic E-state index is 2.49. The number of likely N-dealkylation sites (tertiary alicyclic amines) is 1. The largest absolute Gasteiger partial charge is 0.303 e. The first kappa shape index (κ1) is 9.05. The zero-order valence-electron chi connectivity index (χ0n) is 8.30. The molecule has 0 aromatic rings. The quantitative estimate of drug-likeness (QED) is 0.519. The van der Waals surface area contributed by atoms with Gasteiger partial charge in [0.1, 0.15) is 0 Å². The fourth-order valence-electron chi connectivity index (χ4n) is 2.09. The van der Waals surface area contributed by atoms with Crippen LogP contribution in [0.2, 0.25) is 0 Å². The molecule has 1 heterocycles. The molecule has 1 aliphatic heterocycles. The molecule has 0 N–H and O–H groups in total. The summed E-state index contributed by atoms with van der Waals surface area (Å²) in [7, 11) is 2.25. The van der Waals surface area contributed by atoms with Gasteiger partial charge in [-0.15, -0.1) is 0 Å². The van der Waals surface area contributed by atoms with Gasteiger partial charge in [-0.3, -0.25) is 0 Å². The van der Waals surface area contributed by atoms with Crippen molar-refractivity contribution in [3.05, 3.63) is 0 Å². The van der Waals surface area contributed by atoms with Gasteiger partial charge in [0.05, 0.1) is 0 Å². The standard InChI is InChI=1S/C8H15N.C2H6/c1-6-8-5-7(8)3-4-9(6)2;1-2/h6-8H,3-5H2,1-2H3;1-2H3. The lowest BCUT2D eigenvalue weighted by molar-refractivity contribution is 0.188. The molecule has 0 spiro atoms. The summed E-state index contributed by atoms with van der Waals surface area (Å²) in [4.78, 5) is 2.49. The fraction of sp³-hybridized carbons (Fsp3) is 1.00. The van der Waals surface area contributed by atoms with Crippen molar-refractivity contribution in [3.63, 3.8) is 0 Å². The summed E-state index contributed by atoms with van der Waals surface area (Å²) in [5.74, 6) is 2.19. The van der Waals surface area contributed by atoms with Crippen LogP contribution in [0.5, 0.6) is 0 Å². The number of piperidine rings is 1. The van der Waals surface area contributed by atoms with E-state index in [0.717, 1.165) is 17.9 Å². The third-order valence-electron chi connectivity index (χ3n) is 3.14. The Labute approximate surface area is 70.8 Å². The van der Waals surface area contributed by atoms with Crippen LogP contribution in [0.3, 0.4) is 0 Å². The van der Waals surface area contributed by atoms with Crippen LogP contribution in [0.15, 0.2) is 0 Å². The molecule has 0 radical (unpaired) electrons. The third-order valence-corrected chi connectivity index (χ3v) is 3.14. The molecule has 2 fully saturated rings. The summed E-state index contributed by atoms with van der Waals surface area (Å²) in [5, 5.41) is 0. The molecule has 1 heteroatoms. The number of nitrogens with zero attached hydrogens (tertiary/aromatic N) is 1. The first-order valence-electron chi connectivity index (χ1n) is 4.99. The molecule has 0 aromatic carbocycles. The summed E-state index contributed by atoms with van der Waals surface area (Å²) in [6.07, 6.45) is 2.98.